The Hall–Kier alpha value is -0.860. The molecule has 1 fully saturated rings. The van der Waals surface area contributed by atoms with Gasteiger partial charge in [-0.1, -0.05) is 23.8 Å². The molecule has 0 aliphatic carbocycles. The van der Waals surface area contributed by atoms with E-state index in [9.17, 15) is 0 Å². The molecular formula is C14H22N2. The van der Waals surface area contributed by atoms with Crippen LogP contribution in [0.25, 0.3) is 0 Å². The molecule has 0 unspecified atom stereocenters. The van der Waals surface area contributed by atoms with Gasteiger partial charge < -0.3 is 10.6 Å². The van der Waals surface area contributed by atoms with E-state index in [1.54, 1.807) is 0 Å². The van der Waals surface area contributed by atoms with Crippen LogP contribution in [0.15, 0.2) is 18.2 Å². The second-order valence-electron chi connectivity index (χ2n) is 4.91. The maximum absolute atomic E-state index is 3.54. The third kappa shape index (κ3) is 3.06. The molecule has 88 valence electrons. The van der Waals surface area contributed by atoms with Crippen LogP contribution in [0, 0.1) is 19.8 Å². The SMILES string of the molecule is Cc1ccc(CCNCC2CNC2)c(C)c1. The van der Waals surface area contributed by atoms with Gasteiger partial charge in [0.05, 0.1) is 0 Å². The lowest BCUT2D eigenvalue weighted by Crippen LogP contribution is -2.47. The minimum atomic E-state index is 0.860. The zero-order valence-corrected chi connectivity index (χ0v) is 10.3. The van der Waals surface area contributed by atoms with E-state index in [1.807, 2.05) is 0 Å². The van der Waals surface area contributed by atoms with Crippen molar-refractivity contribution in [3.63, 3.8) is 0 Å². The number of rotatable bonds is 5. The van der Waals surface area contributed by atoms with Gasteiger partial charge in [0.2, 0.25) is 0 Å². The highest BCUT2D eigenvalue weighted by atomic mass is 15.0. The maximum Gasteiger partial charge on any atom is 0.000394 e. The van der Waals surface area contributed by atoms with Crippen molar-refractivity contribution in [1.82, 2.24) is 10.6 Å². The molecule has 2 nitrogen and oxygen atoms in total. The first-order valence-corrected chi connectivity index (χ1v) is 6.23. The van der Waals surface area contributed by atoms with Crippen molar-refractivity contribution in [3.8, 4) is 0 Å². The van der Waals surface area contributed by atoms with Crippen molar-refractivity contribution < 1.29 is 0 Å². The lowest BCUT2D eigenvalue weighted by atomic mass is 10.0. The molecule has 1 saturated heterocycles. The van der Waals surface area contributed by atoms with Crippen LogP contribution < -0.4 is 10.6 Å². The molecule has 2 N–H and O–H groups in total. The van der Waals surface area contributed by atoms with Gasteiger partial charge in [-0.3, -0.25) is 0 Å². The Bertz CT molecular complexity index is 343. The summed E-state index contributed by atoms with van der Waals surface area (Å²) in [5, 5.41) is 6.83. The van der Waals surface area contributed by atoms with Gasteiger partial charge in [0.25, 0.3) is 0 Å². The van der Waals surface area contributed by atoms with Crippen LogP contribution in [0.4, 0.5) is 0 Å². The van der Waals surface area contributed by atoms with E-state index in [4.69, 9.17) is 0 Å². The second-order valence-corrected chi connectivity index (χ2v) is 4.91. The van der Waals surface area contributed by atoms with Gasteiger partial charge in [0.1, 0.15) is 0 Å². The first kappa shape index (κ1) is 11.6. The fourth-order valence-electron chi connectivity index (χ4n) is 2.15. The fraction of sp³-hybridized carbons (Fsp3) is 0.571. The Morgan fingerprint density at radius 3 is 2.75 bits per heavy atom. The van der Waals surface area contributed by atoms with E-state index >= 15 is 0 Å². The van der Waals surface area contributed by atoms with E-state index in [0.717, 1.165) is 25.4 Å². The molecule has 16 heavy (non-hydrogen) atoms. The molecule has 1 aromatic rings. The predicted molar refractivity (Wildman–Crippen MR) is 68.8 cm³/mol. The Morgan fingerprint density at radius 1 is 1.31 bits per heavy atom. The number of hydrogen-bond acceptors (Lipinski definition) is 2. The zero-order valence-electron chi connectivity index (χ0n) is 10.3. The molecule has 0 atom stereocenters. The Balaban J connectivity index is 1.71. The molecule has 0 aromatic heterocycles. The predicted octanol–water partition coefficient (Wildman–Crippen LogP) is 1.65. The topological polar surface area (TPSA) is 24.1 Å². The Morgan fingerprint density at radius 2 is 2.12 bits per heavy atom. The van der Waals surface area contributed by atoms with Crippen LogP contribution in [0.5, 0.6) is 0 Å². The second kappa shape index (κ2) is 5.46. The van der Waals surface area contributed by atoms with Crippen molar-refractivity contribution >= 4 is 0 Å². The van der Waals surface area contributed by atoms with E-state index in [2.05, 4.69) is 42.7 Å². The molecule has 2 heteroatoms. The van der Waals surface area contributed by atoms with Gasteiger partial charge >= 0.3 is 0 Å². The highest BCUT2D eigenvalue weighted by Gasteiger charge is 2.15. The smallest absolute Gasteiger partial charge is 0.000394 e. The minimum Gasteiger partial charge on any atom is -0.316 e. The first-order valence-electron chi connectivity index (χ1n) is 6.23. The summed E-state index contributed by atoms with van der Waals surface area (Å²) in [7, 11) is 0. The summed E-state index contributed by atoms with van der Waals surface area (Å²) in [6.45, 7) is 9.00. The number of benzene rings is 1. The lowest BCUT2D eigenvalue weighted by Gasteiger charge is -2.27. The maximum atomic E-state index is 3.54. The zero-order chi connectivity index (χ0) is 11.4. The number of hydrogen-bond donors (Lipinski definition) is 2. The summed E-state index contributed by atoms with van der Waals surface area (Å²) >= 11 is 0. The van der Waals surface area contributed by atoms with Gasteiger partial charge in [-0.2, -0.15) is 0 Å². The van der Waals surface area contributed by atoms with Gasteiger partial charge in [0.15, 0.2) is 0 Å². The minimum absolute atomic E-state index is 0.860. The largest absolute Gasteiger partial charge is 0.316 e. The molecule has 0 saturated carbocycles. The van der Waals surface area contributed by atoms with Crippen molar-refractivity contribution in [3.05, 3.63) is 34.9 Å². The van der Waals surface area contributed by atoms with Crippen LogP contribution >= 0.6 is 0 Å². The molecule has 1 heterocycles. The molecule has 0 amide bonds. The normalized spacial score (nSPS) is 16.1. The van der Waals surface area contributed by atoms with Crippen molar-refractivity contribution in [1.29, 1.82) is 0 Å². The highest BCUT2D eigenvalue weighted by Crippen LogP contribution is 2.10. The molecule has 1 aromatic carbocycles. The fourth-order valence-corrected chi connectivity index (χ4v) is 2.15. The van der Waals surface area contributed by atoms with Gasteiger partial charge in [-0.15, -0.1) is 0 Å². The van der Waals surface area contributed by atoms with Crippen molar-refractivity contribution in [2.75, 3.05) is 26.2 Å². The van der Waals surface area contributed by atoms with Crippen LogP contribution in [0.1, 0.15) is 16.7 Å². The first-order chi connectivity index (χ1) is 7.75. The summed E-state index contributed by atoms with van der Waals surface area (Å²) in [4.78, 5) is 0. The van der Waals surface area contributed by atoms with Crippen LogP contribution in [-0.2, 0) is 6.42 Å². The third-order valence-electron chi connectivity index (χ3n) is 3.37. The molecular weight excluding hydrogens is 196 g/mol. The van der Waals surface area contributed by atoms with Crippen LogP contribution in [-0.4, -0.2) is 26.2 Å². The average molecular weight is 218 g/mol. The molecule has 1 aliphatic heterocycles. The summed E-state index contributed by atoms with van der Waals surface area (Å²) in [6.07, 6.45) is 1.15. The molecule has 0 bridgehead atoms. The molecule has 2 rings (SSSR count). The summed E-state index contributed by atoms with van der Waals surface area (Å²) in [5.41, 5.74) is 4.26. The van der Waals surface area contributed by atoms with Gasteiger partial charge in [-0.25, -0.2) is 0 Å². The van der Waals surface area contributed by atoms with Gasteiger partial charge in [-0.05, 0) is 43.9 Å². The van der Waals surface area contributed by atoms with E-state index in [-0.39, 0.29) is 0 Å². The average Bonchev–Trinajstić information content (AvgIpc) is 2.18. The quantitative estimate of drug-likeness (QED) is 0.734. The van der Waals surface area contributed by atoms with E-state index in [0.29, 0.717) is 0 Å². The van der Waals surface area contributed by atoms with Crippen LogP contribution in [0.2, 0.25) is 0 Å². The third-order valence-corrected chi connectivity index (χ3v) is 3.37. The van der Waals surface area contributed by atoms with Gasteiger partial charge in [0, 0.05) is 19.6 Å². The summed E-state index contributed by atoms with van der Waals surface area (Å²) < 4.78 is 0. The lowest BCUT2D eigenvalue weighted by molar-refractivity contribution is 0.333. The Labute approximate surface area is 98.4 Å². The Kier molecular flexibility index (Phi) is 3.97. The van der Waals surface area contributed by atoms with E-state index < -0.39 is 0 Å². The number of aryl methyl sites for hydroxylation is 2. The molecule has 1 aliphatic rings. The van der Waals surface area contributed by atoms with E-state index in [1.165, 1.54) is 29.8 Å². The number of nitrogens with one attached hydrogen (secondary N) is 2. The molecule has 0 spiro atoms. The standard InChI is InChI=1S/C14H22N2/c1-11-3-4-14(12(2)7-11)5-6-15-8-13-9-16-10-13/h3-4,7,13,15-16H,5-6,8-10H2,1-2H3. The summed E-state index contributed by atoms with van der Waals surface area (Å²) in [5.74, 6) is 0.860. The monoisotopic (exact) mass is 218 g/mol. The highest BCUT2D eigenvalue weighted by molar-refractivity contribution is 5.30. The molecule has 0 radical (unpaired) electrons. The summed E-state index contributed by atoms with van der Waals surface area (Å²) in [6, 6.07) is 6.74. The van der Waals surface area contributed by atoms with Crippen molar-refractivity contribution in [2.45, 2.75) is 20.3 Å². The van der Waals surface area contributed by atoms with Crippen LogP contribution in [0.3, 0.4) is 0 Å². The van der Waals surface area contributed by atoms with Crippen molar-refractivity contribution in [2.24, 2.45) is 5.92 Å².